The van der Waals surface area contributed by atoms with E-state index in [4.69, 9.17) is 5.11 Å². The maximum Gasteiger partial charge on any atom is 0.404 e. The molecule has 1 aliphatic heterocycles. The third-order valence-electron chi connectivity index (χ3n) is 1.39. The summed E-state index contributed by atoms with van der Waals surface area (Å²) in [5.74, 6) is 0. The molecular weight excluding hydrogens is 156 g/mol. The SMILES string of the molecule is Cl.O=C(O)N[C@@H]1CCNC1. The molecule has 1 rings (SSSR count). The van der Waals surface area contributed by atoms with E-state index >= 15 is 0 Å². The van der Waals surface area contributed by atoms with Crippen molar-refractivity contribution in [2.45, 2.75) is 12.5 Å². The van der Waals surface area contributed by atoms with Crippen LogP contribution in [0, 0.1) is 0 Å². The molecule has 0 saturated carbocycles. The van der Waals surface area contributed by atoms with Gasteiger partial charge in [0, 0.05) is 12.6 Å². The van der Waals surface area contributed by atoms with Crippen molar-refractivity contribution in [2.75, 3.05) is 13.1 Å². The topological polar surface area (TPSA) is 61.4 Å². The highest BCUT2D eigenvalue weighted by atomic mass is 35.5. The summed E-state index contributed by atoms with van der Waals surface area (Å²) < 4.78 is 0. The van der Waals surface area contributed by atoms with Gasteiger partial charge in [0.15, 0.2) is 0 Å². The third kappa shape index (κ3) is 2.89. The van der Waals surface area contributed by atoms with Gasteiger partial charge in [0.25, 0.3) is 0 Å². The van der Waals surface area contributed by atoms with Gasteiger partial charge in [-0.2, -0.15) is 0 Å². The zero-order chi connectivity index (χ0) is 6.69. The van der Waals surface area contributed by atoms with E-state index in [1.807, 2.05) is 0 Å². The molecule has 4 nitrogen and oxygen atoms in total. The molecule has 60 valence electrons. The predicted molar refractivity (Wildman–Crippen MR) is 39.7 cm³/mol. The van der Waals surface area contributed by atoms with Gasteiger partial charge in [0.1, 0.15) is 0 Å². The molecule has 10 heavy (non-hydrogen) atoms. The monoisotopic (exact) mass is 166 g/mol. The maximum absolute atomic E-state index is 10.0. The molecule has 0 aliphatic carbocycles. The second-order valence-electron chi connectivity index (χ2n) is 2.14. The average Bonchev–Trinajstić information content (AvgIpc) is 2.15. The summed E-state index contributed by atoms with van der Waals surface area (Å²) in [5, 5.41) is 13.7. The normalized spacial score (nSPS) is 23.4. The van der Waals surface area contributed by atoms with Crippen molar-refractivity contribution >= 4 is 18.5 Å². The largest absolute Gasteiger partial charge is 0.465 e. The molecule has 0 radical (unpaired) electrons. The number of halogens is 1. The fourth-order valence-electron chi connectivity index (χ4n) is 0.952. The zero-order valence-electron chi connectivity index (χ0n) is 5.46. The van der Waals surface area contributed by atoms with Gasteiger partial charge >= 0.3 is 6.09 Å². The Morgan fingerprint density at radius 2 is 2.40 bits per heavy atom. The van der Waals surface area contributed by atoms with E-state index in [1.165, 1.54) is 0 Å². The van der Waals surface area contributed by atoms with Crippen LogP contribution in [0.15, 0.2) is 0 Å². The molecule has 1 aliphatic rings. The van der Waals surface area contributed by atoms with Crippen LogP contribution in [0.1, 0.15) is 6.42 Å². The van der Waals surface area contributed by atoms with Crippen molar-refractivity contribution < 1.29 is 9.90 Å². The van der Waals surface area contributed by atoms with E-state index in [1.54, 1.807) is 0 Å². The van der Waals surface area contributed by atoms with E-state index < -0.39 is 6.09 Å². The first kappa shape index (κ1) is 9.52. The molecule has 3 N–H and O–H groups in total. The first-order valence-corrected chi connectivity index (χ1v) is 2.99. The van der Waals surface area contributed by atoms with Crippen LogP contribution in [-0.4, -0.2) is 30.3 Å². The second-order valence-corrected chi connectivity index (χ2v) is 2.14. The minimum absolute atomic E-state index is 0. The van der Waals surface area contributed by atoms with Gasteiger partial charge in [-0.15, -0.1) is 12.4 Å². The number of amides is 1. The Labute approximate surface area is 65.4 Å². The Bertz CT molecular complexity index is 114. The Morgan fingerprint density at radius 1 is 1.70 bits per heavy atom. The summed E-state index contributed by atoms with van der Waals surface area (Å²) in [6, 6.07) is 0.127. The number of hydrogen-bond donors (Lipinski definition) is 3. The molecular formula is C5H11ClN2O2. The van der Waals surface area contributed by atoms with E-state index in [2.05, 4.69) is 10.6 Å². The lowest BCUT2D eigenvalue weighted by Crippen LogP contribution is -2.34. The van der Waals surface area contributed by atoms with Crippen molar-refractivity contribution in [1.29, 1.82) is 0 Å². The molecule has 1 atom stereocenters. The molecule has 1 heterocycles. The Hall–Kier alpha value is -0.480. The minimum atomic E-state index is -0.927. The Balaban J connectivity index is 0.000000810. The quantitative estimate of drug-likeness (QED) is 0.516. The highest BCUT2D eigenvalue weighted by molar-refractivity contribution is 5.85. The first-order chi connectivity index (χ1) is 4.29. The maximum atomic E-state index is 10.0. The lowest BCUT2D eigenvalue weighted by Gasteiger charge is -2.05. The average molecular weight is 167 g/mol. The van der Waals surface area contributed by atoms with Gasteiger partial charge in [-0.1, -0.05) is 0 Å². The van der Waals surface area contributed by atoms with Crippen LogP contribution >= 0.6 is 12.4 Å². The third-order valence-corrected chi connectivity index (χ3v) is 1.39. The fraction of sp³-hybridized carbons (Fsp3) is 0.800. The summed E-state index contributed by atoms with van der Waals surface area (Å²) in [6.07, 6.45) is -0.0181. The zero-order valence-corrected chi connectivity index (χ0v) is 6.28. The molecule has 0 spiro atoms. The van der Waals surface area contributed by atoms with E-state index in [-0.39, 0.29) is 18.4 Å². The van der Waals surface area contributed by atoms with Crippen molar-refractivity contribution in [2.24, 2.45) is 0 Å². The smallest absolute Gasteiger partial charge is 0.404 e. The summed E-state index contributed by atoms with van der Waals surface area (Å²) in [7, 11) is 0. The summed E-state index contributed by atoms with van der Waals surface area (Å²) in [6.45, 7) is 1.69. The second kappa shape index (κ2) is 4.35. The van der Waals surface area contributed by atoms with Crippen molar-refractivity contribution in [3.63, 3.8) is 0 Å². The molecule has 1 amide bonds. The van der Waals surface area contributed by atoms with Crippen LogP contribution in [-0.2, 0) is 0 Å². The number of rotatable bonds is 1. The first-order valence-electron chi connectivity index (χ1n) is 2.99. The van der Waals surface area contributed by atoms with Crippen LogP contribution in [0.4, 0.5) is 4.79 Å². The van der Waals surface area contributed by atoms with E-state index in [0.717, 1.165) is 19.5 Å². The number of carbonyl (C=O) groups is 1. The van der Waals surface area contributed by atoms with Gasteiger partial charge < -0.3 is 15.7 Å². The van der Waals surface area contributed by atoms with Crippen molar-refractivity contribution in [3.05, 3.63) is 0 Å². The molecule has 0 aromatic heterocycles. The molecule has 1 saturated heterocycles. The molecule has 1 fully saturated rings. The lowest BCUT2D eigenvalue weighted by atomic mass is 10.3. The standard InChI is InChI=1S/C5H10N2O2.ClH/c8-5(9)7-4-1-2-6-3-4;/h4,6-7H,1-3H2,(H,8,9);1H/t4-;/m1./s1. The van der Waals surface area contributed by atoms with Gasteiger partial charge in [-0.25, -0.2) is 4.79 Å². The van der Waals surface area contributed by atoms with Crippen LogP contribution in [0.3, 0.4) is 0 Å². The molecule has 0 unspecified atom stereocenters. The summed E-state index contributed by atoms with van der Waals surface area (Å²) >= 11 is 0. The molecule has 5 heteroatoms. The van der Waals surface area contributed by atoms with Gasteiger partial charge in [-0.3, -0.25) is 0 Å². The lowest BCUT2D eigenvalue weighted by molar-refractivity contribution is 0.190. The minimum Gasteiger partial charge on any atom is -0.465 e. The van der Waals surface area contributed by atoms with Crippen LogP contribution in [0.25, 0.3) is 0 Å². The van der Waals surface area contributed by atoms with Crippen molar-refractivity contribution in [1.82, 2.24) is 10.6 Å². The Morgan fingerprint density at radius 3 is 2.80 bits per heavy atom. The summed E-state index contributed by atoms with van der Waals surface area (Å²) in [4.78, 5) is 10.0. The highest BCUT2D eigenvalue weighted by Gasteiger charge is 2.14. The fourth-order valence-corrected chi connectivity index (χ4v) is 0.952. The molecule has 0 aromatic rings. The van der Waals surface area contributed by atoms with Gasteiger partial charge in [0.05, 0.1) is 0 Å². The van der Waals surface area contributed by atoms with Gasteiger partial charge in [-0.05, 0) is 13.0 Å². The van der Waals surface area contributed by atoms with E-state index in [0.29, 0.717) is 0 Å². The van der Waals surface area contributed by atoms with Crippen LogP contribution in [0.2, 0.25) is 0 Å². The number of nitrogens with one attached hydrogen (secondary N) is 2. The summed E-state index contributed by atoms with van der Waals surface area (Å²) in [5.41, 5.74) is 0. The van der Waals surface area contributed by atoms with Crippen molar-refractivity contribution in [3.8, 4) is 0 Å². The molecule has 0 aromatic carbocycles. The van der Waals surface area contributed by atoms with E-state index in [9.17, 15) is 4.79 Å². The predicted octanol–water partition coefficient (Wildman–Crippen LogP) is 0.0377. The number of hydrogen-bond acceptors (Lipinski definition) is 2. The highest BCUT2D eigenvalue weighted by Crippen LogP contribution is 1.95. The number of carboxylic acid groups (broad SMARTS) is 1. The molecule has 0 bridgehead atoms. The van der Waals surface area contributed by atoms with Crippen LogP contribution < -0.4 is 10.6 Å². The Kier molecular flexibility index (Phi) is 4.14. The van der Waals surface area contributed by atoms with Crippen LogP contribution in [0.5, 0.6) is 0 Å². The van der Waals surface area contributed by atoms with Gasteiger partial charge in [0.2, 0.25) is 0 Å².